The Labute approximate surface area is 246 Å². The molecule has 42 heavy (non-hydrogen) atoms. The second-order valence-corrected chi connectivity index (χ2v) is 9.97. The van der Waals surface area contributed by atoms with Crippen LogP contribution in [0.2, 0.25) is 0 Å². The third-order valence-corrected chi connectivity index (χ3v) is 6.81. The van der Waals surface area contributed by atoms with E-state index in [9.17, 15) is 24.3 Å². The Bertz CT molecular complexity index is 1390. The molecule has 2 heterocycles. The minimum absolute atomic E-state index is 0.0219. The molecule has 0 saturated carbocycles. The summed E-state index contributed by atoms with van der Waals surface area (Å²) in [6.07, 6.45) is 5.40. The first-order chi connectivity index (χ1) is 20.1. The van der Waals surface area contributed by atoms with E-state index < -0.39 is 47.9 Å². The highest BCUT2D eigenvalue weighted by atomic mass is 32.1. The number of carbonyl (C=O) groups excluding carboxylic acids is 3. The van der Waals surface area contributed by atoms with E-state index in [1.54, 1.807) is 6.20 Å². The number of para-hydroxylation sites is 1. The molecule has 16 heteroatoms. The van der Waals surface area contributed by atoms with Gasteiger partial charge < -0.3 is 48.2 Å². The molecule has 3 aromatic rings. The fourth-order valence-corrected chi connectivity index (χ4v) is 4.46. The fraction of sp³-hybridized carbons (Fsp3) is 0.385. The number of nitrogens with one attached hydrogen (secondary N) is 5. The Morgan fingerprint density at radius 2 is 1.64 bits per heavy atom. The number of nitrogens with two attached hydrogens (primary N) is 3. The van der Waals surface area contributed by atoms with Gasteiger partial charge in [-0.25, -0.2) is 9.78 Å². The average Bonchev–Trinajstić information content (AvgIpc) is 3.62. The third kappa shape index (κ3) is 9.24. The summed E-state index contributed by atoms with van der Waals surface area (Å²) in [5.74, 6) is -3.48. The van der Waals surface area contributed by atoms with Crippen molar-refractivity contribution in [3.63, 3.8) is 0 Å². The quantitative estimate of drug-likeness (QED) is 0.0397. The number of aromatic nitrogens is 3. The largest absolute Gasteiger partial charge is 0.480 e. The van der Waals surface area contributed by atoms with Crippen LogP contribution in [0.15, 0.2) is 48.0 Å². The number of carbonyl (C=O) groups is 4. The number of imidazole rings is 1. The number of hydrogen-bond donors (Lipinski definition) is 10. The zero-order valence-electron chi connectivity index (χ0n) is 22.7. The van der Waals surface area contributed by atoms with E-state index in [0.717, 1.165) is 16.5 Å². The molecule has 3 amide bonds. The SMILES string of the molecule is NC(N)=NCCCC(N)C(=O)NC(Cc1cnc[nH]1)C(=O)NC(Cc1c[nH]c2ccccc12)C(=O)NC(CS)C(=O)O. The third-order valence-electron chi connectivity index (χ3n) is 6.45. The van der Waals surface area contributed by atoms with Crippen LogP contribution in [0.5, 0.6) is 0 Å². The number of aliphatic imine (C=N–C) groups is 1. The van der Waals surface area contributed by atoms with Crippen LogP contribution in [0.4, 0.5) is 0 Å². The zero-order valence-corrected chi connectivity index (χ0v) is 23.6. The molecule has 2 aromatic heterocycles. The van der Waals surface area contributed by atoms with Crippen molar-refractivity contribution in [1.82, 2.24) is 30.9 Å². The molecule has 0 saturated heterocycles. The van der Waals surface area contributed by atoms with E-state index in [4.69, 9.17) is 17.2 Å². The molecular formula is C26H36N10O5S. The van der Waals surface area contributed by atoms with Crippen molar-refractivity contribution in [2.45, 2.75) is 49.9 Å². The molecule has 4 atom stereocenters. The van der Waals surface area contributed by atoms with Gasteiger partial charge in [-0.1, -0.05) is 18.2 Å². The van der Waals surface area contributed by atoms with Crippen molar-refractivity contribution in [2.24, 2.45) is 22.2 Å². The number of aliphatic carboxylic acids is 1. The zero-order chi connectivity index (χ0) is 30.6. The van der Waals surface area contributed by atoms with E-state index in [2.05, 4.69) is 48.5 Å². The topological polar surface area (TPSA) is 259 Å². The van der Waals surface area contributed by atoms with E-state index in [-0.39, 0.29) is 37.5 Å². The Morgan fingerprint density at radius 3 is 2.29 bits per heavy atom. The molecular weight excluding hydrogens is 564 g/mol. The molecule has 0 radical (unpaired) electrons. The van der Waals surface area contributed by atoms with Gasteiger partial charge in [-0.3, -0.25) is 19.4 Å². The van der Waals surface area contributed by atoms with Gasteiger partial charge in [0.2, 0.25) is 17.7 Å². The molecule has 226 valence electrons. The lowest BCUT2D eigenvalue weighted by Gasteiger charge is -2.25. The van der Waals surface area contributed by atoms with Crippen LogP contribution in [-0.2, 0) is 32.0 Å². The van der Waals surface area contributed by atoms with Crippen LogP contribution in [0, 0.1) is 0 Å². The molecule has 0 fully saturated rings. The van der Waals surface area contributed by atoms with Gasteiger partial charge in [0.15, 0.2) is 5.96 Å². The minimum Gasteiger partial charge on any atom is -0.480 e. The van der Waals surface area contributed by atoms with Crippen LogP contribution in [0.25, 0.3) is 10.9 Å². The Morgan fingerprint density at radius 1 is 0.976 bits per heavy atom. The van der Waals surface area contributed by atoms with E-state index in [1.807, 2.05) is 24.3 Å². The van der Waals surface area contributed by atoms with Gasteiger partial charge in [-0.15, -0.1) is 0 Å². The number of hydrogen-bond acceptors (Lipinski definition) is 8. The summed E-state index contributed by atoms with van der Waals surface area (Å²) >= 11 is 4.01. The monoisotopic (exact) mass is 600 g/mol. The van der Waals surface area contributed by atoms with Crippen LogP contribution in [0.1, 0.15) is 24.1 Å². The smallest absolute Gasteiger partial charge is 0.327 e. The molecule has 12 N–H and O–H groups in total. The molecule has 0 aliphatic heterocycles. The van der Waals surface area contributed by atoms with Crippen LogP contribution in [0.3, 0.4) is 0 Å². The van der Waals surface area contributed by atoms with Gasteiger partial charge in [0.1, 0.15) is 18.1 Å². The van der Waals surface area contributed by atoms with Crippen molar-refractivity contribution in [3.05, 3.63) is 54.2 Å². The number of rotatable bonds is 16. The summed E-state index contributed by atoms with van der Waals surface area (Å²) < 4.78 is 0. The Balaban J connectivity index is 1.80. The molecule has 0 bridgehead atoms. The van der Waals surface area contributed by atoms with Gasteiger partial charge in [0.05, 0.1) is 12.4 Å². The lowest BCUT2D eigenvalue weighted by molar-refractivity contribution is -0.141. The highest BCUT2D eigenvalue weighted by Crippen LogP contribution is 2.19. The van der Waals surface area contributed by atoms with Gasteiger partial charge in [-0.05, 0) is 24.5 Å². The maximum Gasteiger partial charge on any atom is 0.327 e. The number of nitrogens with zero attached hydrogens (tertiary/aromatic N) is 2. The fourth-order valence-electron chi connectivity index (χ4n) is 4.21. The first-order valence-electron chi connectivity index (χ1n) is 13.2. The average molecular weight is 601 g/mol. The number of carboxylic acids is 1. The van der Waals surface area contributed by atoms with Crippen molar-refractivity contribution in [3.8, 4) is 0 Å². The summed E-state index contributed by atoms with van der Waals surface area (Å²) in [5.41, 5.74) is 18.8. The van der Waals surface area contributed by atoms with E-state index >= 15 is 0 Å². The first-order valence-corrected chi connectivity index (χ1v) is 13.8. The maximum atomic E-state index is 13.6. The molecule has 0 spiro atoms. The first kappa shape index (κ1) is 32.0. The standard InChI is InChI=1S/C26H36N10O5S/c27-17(5-3-7-31-26(28)29)22(37)34-20(9-15-11-30-13-33-15)24(39)35-19(23(38)36-21(12-42)25(40)41)8-14-10-32-18-6-2-1-4-16(14)18/h1-2,4,6,10-11,13,17,19-21,32,42H,3,5,7-9,12,27H2,(H,30,33)(H,34,37)(H,35,39)(H,36,38)(H,40,41)(H4,28,29,31). The van der Waals surface area contributed by atoms with E-state index in [0.29, 0.717) is 12.1 Å². The minimum atomic E-state index is -1.28. The second-order valence-electron chi connectivity index (χ2n) is 9.60. The summed E-state index contributed by atoms with van der Waals surface area (Å²) in [4.78, 5) is 65.2. The number of thiol groups is 1. The maximum absolute atomic E-state index is 13.6. The number of amides is 3. The normalized spacial score (nSPS) is 13.9. The summed E-state index contributed by atoms with van der Waals surface area (Å²) in [5, 5.41) is 18.0. The van der Waals surface area contributed by atoms with Crippen LogP contribution in [-0.4, -0.2) is 86.2 Å². The number of guanidine groups is 1. The number of aromatic amines is 2. The summed E-state index contributed by atoms with van der Waals surface area (Å²) in [6, 6.07) is 2.87. The molecule has 3 rings (SSSR count). The summed E-state index contributed by atoms with van der Waals surface area (Å²) in [6.45, 7) is 0.287. The number of fused-ring (bicyclic) bond motifs is 1. The van der Waals surface area contributed by atoms with Gasteiger partial charge in [0, 0.05) is 54.1 Å². The van der Waals surface area contributed by atoms with Gasteiger partial charge in [-0.2, -0.15) is 12.6 Å². The molecule has 15 nitrogen and oxygen atoms in total. The molecule has 1 aromatic carbocycles. The van der Waals surface area contributed by atoms with Gasteiger partial charge >= 0.3 is 5.97 Å². The number of carboxylic acid groups (broad SMARTS) is 1. The highest BCUT2D eigenvalue weighted by molar-refractivity contribution is 7.80. The van der Waals surface area contributed by atoms with Gasteiger partial charge in [0.25, 0.3) is 0 Å². The number of H-pyrrole nitrogens is 2. The number of benzene rings is 1. The summed E-state index contributed by atoms with van der Waals surface area (Å²) in [7, 11) is 0. The van der Waals surface area contributed by atoms with Crippen LogP contribution < -0.4 is 33.2 Å². The Hall–Kier alpha value is -4.57. The van der Waals surface area contributed by atoms with Crippen LogP contribution >= 0.6 is 12.6 Å². The molecule has 4 unspecified atom stereocenters. The predicted octanol–water partition coefficient (Wildman–Crippen LogP) is -1.47. The second kappa shape index (κ2) is 15.4. The van der Waals surface area contributed by atoms with E-state index in [1.165, 1.54) is 12.5 Å². The van der Waals surface area contributed by atoms with Crippen molar-refractivity contribution < 1.29 is 24.3 Å². The van der Waals surface area contributed by atoms with Crippen molar-refractivity contribution in [1.29, 1.82) is 0 Å². The van der Waals surface area contributed by atoms with Crippen molar-refractivity contribution in [2.75, 3.05) is 12.3 Å². The Kier molecular flexibility index (Phi) is 11.7. The lowest BCUT2D eigenvalue weighted by atomic mass is 10.0. The molecule has 0 aliphatic carbocycles. The lowest BCUT2D eigenvalue weighted by Crippen LogP contribution is -2.58. The van der Waals surface area contributed by atoms with Crippen molar-refractivity contribution >= 4 is 53.2 Å². The predicted molar refractivity (Wildman–Crippen MR) is 159 cm³/mol. The molecule has 0 aliphatic rings. The highest BCUT2D eigenvalue weighted by Gasteiger charge is 2.31.